The van der Waals surface area contributed by atoms with Crippen LogP contribution in [0.3, 0.4) is 0 Å². The summed E-state index contributed by atoms with van der Waals surface area (Å²) in [7, 11) is 1.44. The van der Waals surface area contributed by atoms with Crippen LogP contribution >= 0.6 is 11.3 Å². The molecule has 0 spiro atoms. The van der Waals surface area contributed by atoms with Gasteiger partial charge in [-0.3, -0.25) is 5.32 Å². The Kier molecular flexibility index (Phi) is 4.66. The SMILES string of the molecule is CCc1nc(NC(=O)N(C)C(C)C(=O)O)sc1C. The molecule has 18 heavy (non-hydrogen) atoms. The van der Waals surface area contributed by atoms with Gasteiger partial charge in [-0.05, 0) is 20.3 Å². The first-order valence-electron chi connectivity index (χ1n) is 5.59. The molecule has 0 aliphatic rings. The number of hydrogen-bond donors (Lipinski definition) is 2. The quantitative estimate of drug-likeness (QED) is 0.876. The van der Waals surface area contributed by atoms with Crippen LogP contribution in [-0.2, 0) is 11.2 Å². The number of nitrogens with zero attached hydrogens (tertiary/aromatic N) is 2. The number of nitrogens with one attached hydrogen (secondary N) is 1. The molecular weight excluding hydrogens is 254 g/mol. The fraction of sp³-hybridized carbons (Fsp3) is 0.545. The first-order chi connectivity index (χ1) is 8.36. The van der Waals surface area contributed by atoms with Crippen molar-refractivity contribution >= 4 is 28.5 Å². The van der Waals surface area contributed by atoms with Gasteiger partial charge in [-0.2, -0.15) is 0 Å². The number of carbonyl (C=O) groups excluding carboxylic acids is 1. The zero-order valence-electron chi connectivity index (χ0n) is 10.9. The zero-order valence-corrected chi connectivity index (χ0v) is 11.7. The van der Waals surface area contributed by atoms with E-state index in [4.69, 9.17) is 5.11 Å². The molecule has 0 radical (unpaired) electrons. The van der Waals surface area contributed by atoms with Crippen LogP contribution in [0.25, 0.3) is 0 Å². The summed E-state index contributed by atoms with van der Waals surface area (Å²) in [5.74, 6) is -1.04. The highest BCUT2D eigenvalue weighted by molar-refractivity contribution is 7.15. The molecule has 1 rings (SSSR count). The maximum Gasteiger partial charge on any atom is 0.326 e. The largest absolute Gasteiger partial charge is 0.480 e. The number of aliphatic carboxylic acids is 1. The Morgan fingerprint density at radius 1 is 1.56 bits per heavy atom. The highest BCUT2D eigenvalue weighted by Gasteiger charge is 2.22. The number of carboxylic acids is 1. The number of aryl methyl sites for hydroxylation is 2. The van der Waals surface area contributed by atoms with E-state index in [9.17, 15) is 9.59 Å². The van der Waals surface area contributed by atoms with E-state index in [2.05, 4.69) is 10.3 Å². The van der Waals surface area contributed by atoms with Crippen LogP contribution in [0.2, 0.25) is 0 Å². The topological polar surface area (TPSA) is 82.5 Å². The Bertz CT molecular complexity index is 458. The number of carboxylic acid groups (broad SMARTS) is 1. The van der Waals surface area contributed by atoms with Crippen molar-refractivity contribution in [3.63, 3.8) is 0 Å². The Hall–Kier alpha value is -1.63. The van der Waals surface area contributed by atoms with E-state index in [1.165, 1.54) is 25.3 Å². The van der Waals surface area contributed by atoms with Crippen molar-refractivity contribution in [1.82, 2.24) is 9.88 Å². The number of thiazole rings is 1. The molecule has 0 saturated heterocycles. The molecule has 1 heterocycles. The van der Waals surface area contributed by atoms with Crippen molar-refractivity contribution in [2.45, 2.75) is 33.2 Å². The molecule has 0 bridgehead atoms. The zero-order chi connectivity index (χ0) is 13.9. The highest BCUT2D eigenvalue weighted by atomic mass is 32.1. The van der Waals surface area contributed by atoms with Gasteiger partial charge >= 0.3 is 12.0 Å². The normalized spacial score (nSPS) is 12.0. The molecule has 0 saturated carbocycles. The summed E-state index contributed by atoms with van der Waals surface area (Å²) in [6, 6.07) is -1.35. The second-order valence-electron chi connectivity index (χ2n) is 3.93. The number of hydrogen-bond acceptors (Lipinski definition) is 4. The van der Waals surface area contributed by atoms with Gasteiger partial charge in [0, 0.05) is 11.9 Å². The van der Waals surface area contributed by atoms with E-state index in [1.807, 2.05) is 13.8 Å². The van der Waals surface area contributed by atoms with E-state index in [-0.39, 0.29) is 0 Å². The first kappa shape index (κ1) is 14.4. The average Bonchev–Trinajstić information content (AvgIpc) is 2.67. The Balaban J connectivity index is 2.72. The number of anilines is 1. The van der Waals surface area contributed by atoms with Gasteiger partial charge in [0.15, 0.2) is 5.13 Å². The van der Waals surface area contributed by atoms with Crippen molar-refractivity contribution in [2.24, 2.45) is 0 Å². The van der Waals surface area contributed by atoms with Crippen LogP contribution in [0.4, 0.5) is 9.93 Å². The van der Waals surface area contributed by atoms with Gasteiger partial charge in [0.1, 0.15) is 6.04 Å². The van der Waals surface area contributed by atoms with Crippen LogP contribution in [-0.4, -0.2) is 40.1 Å². The molecule has 1 unspecified atom stereocenters. The Morgan fingerprint density at radius 2 is 2.17 bits per heavy atom. The predicted octanol–water partition coefficient (Wildman–Crippen LogP) is 1.95. The fourth-order valence-electron chi connectivity index (χ4n) is 1.33. The van der Waals surface area contributed by atoms with Crippen molar-refractivity contribution < 1.29 is 14.7 Å². The lowest BCUT2D eigenvalue weighted by Crippen LogP contribution is -2.42. The van der Waals surface area contributed by atoms with Crippen LogP contribution in [0, 0.1) is 6.92 Å². The number of rotatable bonds is 4. The third-order valence-electron chi connectivity index (χ3n) is 2.70. The lowest BCUT2D eigenvalue weighted by atomic mass is 10.3. The molecule has 2 amide bonds. The molecule has 1 aromatic rings. The van der Waals surface area contributed by atoms with Gasteiger partial charge in [0.2, 0.25) is 0 Å². The van der Waals surface area contributed by atoms with Crippen LogP contribution in [0.5, 0.6) is 0 Å². The molecule has 1 atom stereocenters. The third-order valence-corrected chi connectivity index (χ3v) is 3.63. The van der Waals surface area contributed by atoms with Crippen molar-refractivity contribution in [1.29, 1.82) is 0 Å². The molecule has 6 nitrogen and oxygen atoms in total. The minimum Gasteiger partial charge on any atom is -0.480 e. The molecule has 0 fully saturated rings. The second kappa shape index (κ2) is 5.81. The van der Waals surface area contributed by atoms with Crippen molar-refractivity contribution in [3.05, 3.63) is 10.6 Å². The molecule has 1 aromatic heterocycles. The number of aromatic nitrogens is 1. The minimum absolute atomic E-state index is 0.471. The second-order valence-corrected chi connectivity index (χ2v) is 5.13. The third kappa shape index (κ3) is 3.19. The Morgan fingerprint density at radius 3 is 2.61 bits per heavy atom. The summed E-state index contributed by atoms with van der Waals surface area (Å²) in [4.78, 5) is 29.0. The minimum atomic E-state index is -1.04. The molecule has 2 N–H and O–H groups in total. The van der Waals surface area contributed by atoms with E-state index in [0.717, 1.165) is 21.9 Å². The standard InChI is InChI=1S/C11H17N3O3S/c1-5-8-7(3)18-10(12-8)13-11(17)14(4)6(2)9(15)16/h6H,5H2,1-4H3,(H,15,16)(H,12,13,17). The fourth-order valence-corrected chi connectivity index (χ4v) is 2.22. The summed E-state index contributed by atoms with van der Waals surface area (Å²) < 4.78 is 0. The summed E-state index contributed by atoms with van der Waals surface area (Å²) in [6.07, 6.45) is 0.805. The van der Waals surface area contributed by atoms with Gasteiger partial charge in [-0.1, -0.05) is 6.92 Å². The van der Waals surface area contributed by atoms with Gasteiger partial charge in [-0.25, -0.2) is 14.6 Å². The van der Waals surface area contributed by atoms with Gasteiger partial charge in [-0.15, -0.1) is 11.3 Å². The molecule has 0 aliphatic heterocycles. The average molecular weight is 271 g/mol. The summed E-state index contributed by atoms with van der Waals surface area (Å²) in [6.45, 7) is 5.38. The predicted molar refractivity (Wildman–Crippen MR) is 70.1 cm³/mol. The monoisotopic (exact) mass is 271 g/mol. The van der Waals surface area contributed by atoms with Crippen molar-refractivity contribution in [3.8, 4) is 0 Å². The molecule has 0 aliphatic carbocycles. The van der Waals surface area contributed by atoms with Gasteiger partial charge in [0.25, 0.3) is 0 Å². The van der Waals surface area contributed by atoms with E-state index in [1.54, 1.807) is 0 Å². The molecule has 7 heteroatoms. The van der Waals surface area contributed by atoms with E-state index >= 15 is 0 Å². The summed E-state index contributed by atoms with van der Waals surface area (Å²) >= 11 is 1.39. The number of amides is 2. The van der Waals surface area contributed by atoms with Crippen molar-refractivity contribution in [2.75, 3.05) is 12.4 Å². The van der Waals surface area contributed by atoms with Crippen LogP contribution in [0.15, 0.2) is 0 Å². The summed E-state index contributed by atoms with van der Waals surface area (Å²) in [5.41, 5.74) is 0.948. The van der Waals surface area contributed by atoms with Gasteiger partial charge < -0.3 is 10.0 Å². The number of urea groups is 1. The van der Waals surface area contributed by atoms with Crippen LogP contribution < -0.4 is 5.32 Å². The smallest absolute Gasteiger partial charge is 0.326 e. The van der Waals surface area contributed by atoms with Gasteiger partial charge in [0.05, 0.1) is 5.69 Å². The van der Waals surface area contributed by atoms with E-state index in [0.29, 0.717) is 5.13 Å². The lowest BCUT2D eigenvalue weighted by Gasteiger charge is -2.20. The maximum absolute atomic E-state index is 11.8. The molecular formula is C11H17N3O3S. The molecule has 0 aromatic carbocycles. The van der Waals surface area contributed by atoms with Crippen LogP contribution in [0.1, 0.15) is 24.4 Å². The number of likely N-dealkylation sites (N-methyl/N-ethyl adjacent to an activating group) is 1. The highest BCUT2D eigenvalue weighted by Crippen LogP contribution is 2.22. The van der Waals surface area contributed by atoms with E-state index < -0.39 is 18.0 Å². The first-order valence-corrected chi connectivity index (χ1v) is 6.41. The Labute approximate surface area is 110 Å². The maximum atomic E-state index is 11.8. The summed E-state index contributed by atoms with van der Waals surface area (Å²) in [5, 5.41) is 11.9. The number of carbonyl (C=O) groups is 2. The lowest BCUT2D eigenvalue weighted by molar-refractivity contribution is -0.141. The molecule has 100 valence electrons.